The fourth-order valence-corrected chi connectivity index (χ4v) is 2.85. The number of para-hydroxylation sites is 1. The lowest BCUT2D eigenvalue weighted by atomic mass is 10.1. The molecule has 13 heteroatoms. The molecule has 0 aliphatic heterocycles. The molecule has 172 valence electrons. The molecule has 33 heavy (non-hydrogen) atoms. The van der Waals surface area contributed by atoms with Crippen molar-refractivity contribution in [1.29, 1.82) is 0 Å². The summed E-state index contributed by atoms with van der Waals surface area (Å²) in [5, 5.41) is 13.5. The number of rotatable bonds is 7. The zero-order valence-corrected chi connectivity index (χ0v) is 16.7. The Balaban J connectivity index is 1.57. The van der Waals surface area contributed by atoms with Crippen LogP contribution in [0.1, 0.15) is 12.0 Å². The van der Waals surface area contributed by atoms with Crippen LogP contribution in [0.5, 0.6) is 0 Å². The minimum Gasteiger partial charge on any atom is -0.456 e. The number of anilines is 1. The Hall–Kier alpha value is -4.29. The van der Waals surface area contributed by atoms with Gasteiger partial charge in [0.15, 0.2) is 6.61 Å². The monoisotopic (exact) mass is 464 g/mol. The van der Waals surface area contributed by atoms with Gasteiger partial charge >= 0.3 is 12.1 Å². The van der Waals surface area contributed by atoms with Gasteiger partial charge in [-0.1, -0.05) is 12.1 Å². The summed E-state index contributed by atoms with van der Waals surface area (Å²) in [6.07, 6.45) is -3.80. The SMILES string of the molecule is O=C(COC(=O)CCn1cnc2ccccc2c1=O)Nc1ccc(C(F)(F)F)cc1[N+](=O)[O-]. The molecule has 3 aromatic rings. The predicted octanol–water partition coefficient (Wildman–Crippen LogP) is 2.90. The van der Waals surface area contributed by atoms with Crippen molar-refractivity contribution in [2.24, 2.45) is 0 Å². The highest BCUT2D eigenvalue weighted by atomic mass is 19.4. The van der Waals surface area contributed by atoms with Crippen LogP contribution in [0.15, 0.2) is 53.6 Å². The van der Waals surface area contributed by atoms with E-state index in [4.69, 9.17) is 4.74 Å². The Morgan fingerprint density at radius 2 is 1.91 bits per heavy atom. The van der Waals surface area contributed by atoms with E-state index in [0.29, 0.717) is 17.0 Å². The van der Waals surface area contributed by atoms with E-state index in [1.807, 2.05) is 5.32 Å². The number of fused-ring (bicyclic) bond motifs is 1. The Morgan fingerprint density at radius 3 is 2.61 bits per heavy atom. The van der Waals surface area contributed by atoms with Crippen molar-refractivity contribution in [3.05, 3.63) is 74.8 Å². The van der Waals surface area contributed by atoms with Gasteiger partial charge in [0.2, 0.25) is 0 Å². The predicted molar refractivity (Wildman–Crippen MR) is 108 cm³/mol. The molecule has 0 atom stereocenters. The lowest BCUT2D eigenvalue weighted by molar-refractivity contribution is -0.384. The number of nitro benzene ring substituents is 1. The van der Waals surface area contributed by atoms with Crippen LogP contribution in [0.4, 0.5) is 24.5 Å². The number of carbonyl (C=O) groups excluding carboxylic acids is 2. The van der Waals surface area contributed by atoms with Crippen molar-refractivity contribution in [3.63, 3.8) is 0 Å². The van der Waals surface area contributed by atoms with Gasteiger partial charge in [-0.05, 0) is 24.3 Å². The quantitative estimate of drug-likeness (QED) is 0.323. The number of nitro groups is 1. The molecule has 1 amide bonds. The first-order valence-electron chi connectivity index (χ1n) is 9.31. The first kappa shape index (κ1) is 23.4. The number of amides is 1. The lowest BCUT2D eigenvalue weighted by Gasteiger charge is -2.10. The van der Waals surface area contributed by atoms with E-state index in [1.54, 1.807) is 24.3 Å². The third-order valence-corrected chi connectivity index (χ3v) is 4.45. The molecule has 0 unspecified atom stereocenters. The molecule has 0 fully saturated rings. The summed E-state index contributed by atoms with van der Waals surface area (Å²) < 4.78 is 44.2. The third-order valence-electron chi connectivity index (χ3n) is 4.45. The average molecular weight is 464 g/mol. The molecule has 0 saturated heterocycles. The van der Waals surface area contributed by atoms with Gasteiger partial charge in [0.05, 0.1) is 34.1 Å². The normalized spacial score (nSPS) is 11.2. The first-order valence-corrected chi connectivity index (χ1v) is 9.31. The van der Waals surface area contributed by atoms with Gasteiger partial charge < -0.3 is 10.1 Å². The lowest BCUT2D eigenvalue weighted by Crippen LogP contribution is -2.24. The number of esters is 1. The van der Waals surface area contributed by atoms with Gasteiger partial charge in [0.25, 0.3) is 17.2 Å². The molecule has 0 saturated carbocycles. The maximum atomic E-state index is 12.7. The summed E-state index contributed by atoms with van der Waals surface area (Å²) in [6, 6.07) is 8.24. The molecule has 0 aliphatic rings. The molecule has 2 aromatic carbocycles. The average Bonchev–Trinajstić information content (AvgIpc) is 2.76. The van der Waals surface area contributed by atoms with E-state index >= 15 is 0 Å². The van der Waals surface area contributed by atoms with Crippen molar-refractivity contribution in [3.8, 4) is 0 Å². The molecule has 1 N–H and O–H groups in total. The van der Waals surface area contributed by atoms with Crippen molar-refractivity contribution < 1.29 is 32.4 Å². The molecular formula is C20H15F3N4O6. The molecule has 0 aliphatic carbocycles. The summed E-state index contributed by atoms with van der Waals surface area (Å²) in [4.78, 5) is 50.3. The minimum atomic E-state index is -4.80. The minimum absolute atomic E-state index is 0.0680. The summed E-state index contributed by atoms with van der Waals surface area (Å²) in [7, 11) is 0. The molecule has 1 aromatic heterocycles. The molecule has 1 heterocycles. The highest BCUT2D eigenvalue weighted by molar-refractivity contribution is 5.94. The second-order valence-corrected chi connectivity index (χ2v) is 6.71. The number of ether oxygens (including phenoxy) is 1. The van der Waals surface area contributed by atoms with Gasteiger partial charge in [-0.15, -0.1) is 0 Å². The molecule has 0 radical (unpaired) electrons. The zero-order valence-electron chi connectivity index (χ0n) is 16.7. The Bertz CT molecular complexity index is 1290. The molecule has 10 nitrogen and oxygen atoms in total. The third kappa shape index (κ3) is 5.70. The van der Waals surface area contributed by atoms with Crippen LogP contribution in [-0.4, -0.2) is 33.0 Å². The topological polar surface area (TPSA) is 133 Å². The van der Waals surface area contributed by atoms with Gasteiger partial charge in [-0.25, -0.2) is 4.98 Å². The van der Waals surface area contributed by atoms with E-state index in [-0.39, 0.29) is 24.6 Å². The molecule has 0 bridgehead atoms. The Labute approximate surface area is 182 Å². The summed E-state index contributed by atoms with van der Waals surface area (Å²) >= 11 is 0. The van der Waals surface area contributed by atoms with Gasteiger partial charge in [0, 0.05) is 12.6 Å². The second-order valence-electron chi connectivity index (χ2n) is 6.71. The van der Waals surface area contributed by atoms with E-state index < -0.39 is 46.5 Å². The smallest absolute Gasteiger partial charge is 0.416 e. The van der Waals surface area contributed by atoms with E-state index in [2.05, 4.69) is 4.98 Å². The van der Waals surface area contributed by atoms with Crippen molar-refractivity contribution in [1.82, 2.24) is 9.55 Å². The maximum absolute atomic E-state index is 12.7. The van der Waals surface area contributed by atoms with Crippen LogP contribution in [0.25, 0.3) is 10.9 Å². The highest BCUT2D eigenvalue weighted by Crippen LogP contribution is 2.34. The number of aromatic nitrogens is 2. The summed E-state index contributed by atoms with van der Waals surface area (Å²) in [6.45, 7) is -0.899. The molecule has 3 rings (SSSR count). The molecular weight excluding hydrogens is 449 g/mol. The fraction of sp³-hybridized carbons (Fsp3) is 0.200. The first-order chi connectivity index (χ1) is 15.6. The van der Waals surface area contributed by atoms with Crippen molar-refractivity contribution in [2.75, 3.05) is 11.9 Å². The zero-order chi connectivity index (χ0) is 24.2. The highest BCUT2D eigenvalue weighted by Gasteiger charge is 2.33. The number of benzene rings is 2. The maximum Gasteiger partial charge on any atom is 0.416 e. The van der Waals surface area contributed by atoms with Crippen molar-refractivity contribution >= 4 is 34.2 Å². The van der Waals surface area contributed by atoms with Crippen LogP contribution in [0.3, 0.4) is 0 Å². The van der Waals surface area contributed by atoms with E-state index in [1.165, 1.54) is 10.9 Å². The van der Waals surface area contributed by atoms with Crippen LogP contribution < -0.4 is 10.9 Å². The number of hydrogen-bond donors (Lipinski definition) is 1. The number of carbonyl (C=O) groups is 2. The van der Waals surface area contributed by atoms with Gasteiger partial charge in [-0.3, -0.25) is 29.1 Å². The van der Waals surface area contributed by atoms with Crippen molar-refractivity contribution in [2.45, 2.75) is 19.1 Å². The summed E-state index contributed by atoms with van der Waals surface area (Å²) in [5.41, 5.74) is -2.57. The number of hydrogen-bond acceptors (Lipinski definition) is 7. The Kier molecular flexibility index (Phi) is 6.70. The fourth-order valence-electron chi connectivity index (χ4n) is 2.85. The molecule has 0 spiro atoms. The summed E-state index contributed by atoms with van der Waals surface area (Å²) in [5.74, 6) is -1.83. The second kappa shape index (κ2) is 9.46. The van der Waals surface area contributed by atoms with Gasteiger partial charge in [0.1, 0.15) is 5.69 Å². The number of nitrogens with one attached hydrogen (secondary N) is 1. The van der Waals surface area contributed by atoms with Crippen LogP contribution in [-0.2, 0) is 27.0 Å². The number of alkyl halides is 3. The van der Waals surface area contributed by atoms with E-state index in [0.717, 1.165) is 6.07 Å². The van der Waals surface area contributed by atoms with Crippen LogP contribution >= 0.6 is 0 Å². The number of halogens is 3. The Morgan fingerprint density at radius 1 is 1.18 bits per heavy atom. The standard InChI is InChI=1S/C20H15F3N4O6/c21-20(22,23)12-5-6-15(16(9-12)27(31)32)25-17(28)10-33-18(29)7-8-26-11-24-14-4-2-1-3-13(14)19(26)30/h1-6,9,11H,7-8,10H2,(H,25,28). The number of aryl methyl sites for hydroxylation is 1. The van der Waals surface area contributed by atoms with Crippen LogP contribution in [0, 0.1) is 10.1 Å². The van der Waals surface area contributed by atoms with Crippen LogP contribution in [0.2, 0.25) is 0 Å². The van der Waals surface area contributed by atoms with Gasteiger partial charge in [-0.2, -0.15) is 13.2 Å². The number of nitrogens with zero attached hydrogens (tertiary/aromatic N) is 3. The largest absolute Gasteiger partial charge is 0.456 e. The van der Waals surface area contributed by atoms with E-state index in [9.17, 15) is 37.7 Å².